The Morgan fingerprint density at radius 3 is 2.24 bits per heavy atom. The number of nitrogens with two attached hydrogens (primary N) is 1. The van der Waals surface area contributed by atoms with E-state index >= 15 is 0 Å². The molecule has 25 heavy (non-hydrogen) atoms. The van der Waals surface area contributed by atoms with Crippen LogP contribution in [-0.2, 0) is 10.0 Å². The molecule has 0 saturated carbocycles. The maximum Gasteiger partial charge on any atom is 0.337 e. The second-order valence-electron chi connectivity index (χ2n) is 6.43. The van der Waals surface area contributed by atoms with Crippen molar-refractivity contribution in [2.24, 2.45) is 0 Å². The Bertz CT molecular complexity index is 887. The van der Waals surface area contributed by atoms with Gasteiger partial charge >= 0.3 is 5.97 Å². The van der Waals surface area contributed by atoms with Gasteiger partial charge in [0.2, 0.25) is 10.0 Å². The van der Waals surface area contributed by atoms with Gasteiger partial charge in [-0.1, -0.05) is 18.2 Å². The number of ether oxygens (including phenoxy) is 1. The van der Waals surface area contributed by atoms with Gasteiger partial charge in [0, 0.05) is 5.54 Å². The van der Waals surface area contributed by atoms with Gasteiger partial charge < -0.3 is 15.6 Å². The van der Waals surface area contributed by atoms with E-state index in [1.807, 2.05) is 0 Å². The number of rotatable bonds is 5. The number of anilines is 1. The van der Waals surface area contributed by atoms with E-state index in [2.05, 4.69) is 4.72 Å². The van der Waals surface area contributed by atoms with Crippen LogP contribution < -0.4 is 15.2 Å². The predicted octanol–water partition coefficient (Wildman–Crippen LogP) is 2.84. The van der Waals surface area contributed by atoms with Crippen molar-refractivity contribution in [2.75, 3.05) is 5.73 Å². The molecular formula is C17H20N2O5S. The number of nitrogens with one attached hydrogen (secondary N) is 1. The van der Waals surface area contributed by atoms with E-state index in [1.165, 1.54) is 12.1 Å². The lowest BCUT2D eigenvalue weighted by molar-refractivity contribution is 0.0698. The second-order valence-corrected chi connectivity index (χ2v) is 8.05. The molecule has 0 heterocycles. The van der Waals surface area contributed by atoms with Gasteiger partial charge in [0.05, 0.1) is 11.3 Å². The molecule has 2 rings (SSSR count). The fraction of sp³-hybridized carbons (Fsp3) is 0.235. The molecule has 0 bridgehead atoms. The largest absolute Gasteiger partial charge is 0.478 e. The zero-order valence-electron chi connectivity index (χ0n) is 14.1. The van der Waals surface area contributed by atoms with Crippen molar-refractivity contribution in [1.29, 1.82) is 0 Å². The molecule has 0 aromatic heterocycles. The molecule has 0 spiro atoms. The molecule has 2 aromatic rings. The van der Waals surface area contributed by atoms with Crippen molar-refractivity contribution < 1.29 is 23.1 Å². The van der Waals surface area contributed by atoms with Crippen molar-refractivity contribution in [1.82, 2.24) is 4.72 Å². The number of hydrogen-bond donors (Lipinski definition) is 3. The molecule has 0 radical (unpaired) electrons. The minimum absolute atomic E-state index is 0.0505. The van der Waals surface area contributed by atoms with Crippen LogP contribution >= 0.6 is 0 Å². The van der Waals surface area contributed by atoms with E-state index in [1.54, 1.807) is 51.1 Å². The average molecular weight is 364 g/mol. The number of benzene rings is 2. The van der Waals surface area contributed by atoms with Crippen LogP contribution in [0.5, 0.6) is 11.5 Å². The first-order valence-electron chi connectivity index (χ1n) is 7.44. The highest BCUT2D eigenvalue weighted by atomic mass is 32.2. The first-order chi connectivity index (χ1) is 11.5. The van der Waals surface area contributed by atoms with E-state index in [4.69, 9.17) is 10.5 Å². The fourth-order valence-corrected chi connectivity index (χ4v) is 3.88. The molecule has 0 saturated heterocycles. The van der Waals surface area contributed by atoms with Crippen LogP contribution in [0.4, 0.5) is 5.69 Å². The topological polar surface area (TPSA) is 119 Å². The summed E-state index contributed by atoms with van der Waals surface area (Å²) in [5.74, 6) is -0.974. The number of carboxylic acids is 1. The standard InChI is InChI=1S/C17H20N2O5S/c1-17(2,3)19-25(22,23)15-13(24-11-7-5-4-6-8-11)10-9-12(14(15)18)16(20)21/h4-10,19H,18H2,1-3H3,(H,20,21). The molecule has 0 aliphatic heterocycles. The minimum Gasteiger partial charge on any atom is -0.478 e. The molecule has 2 aromatic carbocycles. The van der Waals surface area contributed by atoms with Crippen molar-refractivity contribution in [2.45, 2.75) is 31.2 Å². The Balaban J connectivity index is 2.64. The highest BCUT2D eigenvalue weighted by molar-refractivity contribution is 7.89. The maximum absolute atomic E-state index is 12.8. The minimum atomic E-state index is -4.12. The van der Waals surface area contributed by atoms with Gasteiger partial charge in [-0.25, -0.2) is 17.9 Å². The Morgan fingerprint density at radius 2 is 1.72 bits per heavy atom. The summed E-state index contributed by atoms with van der Waals surface area (Å²) < 4.78 is 33.7. The third-order valence-corrected chi connectivity index (χ3v) is 4.91. The number of sulfonamides is 1. The van der Waals surface area contributed by atoms with Gasteiger partial charge in [-0.3, -0.25) is 0 Å². The Hall–Kier alpha value is -2.58. The molecule has 0 aliphatic carbocycles. The summed E-state index contributed by atoms with van der Waals surface area (Å²) in [4.78, 5) is 10.9. The monoisotopic (exact) mass is 364 g/mol. The molecule has 0 unspecified atom stereocenters. The van der Waals surface area contributed by atoms with Gasteiger partial charge in [0.25, 0.3) is 0 Å². The summed E-state index contributed by atoms with van der Waals surface area (Å²) in [6.45, 7) is 5.00. The summed E-state index contributed by atoms with van der Waals surface area (Å²) in [5.41, 5.74) is 4.39. The molecule has 8 heteroatoms. The van der Waals surface area contributed by atoms with E-state index < -0.39 is 26.4 Å². The van der Waals surface area contributed by atoms with Crippen LogP contribution in [-0.4, -0.2) is 25.0 Å². The SMILES string of the molecule is CC(C)(C)NS(=O)(=O)c1c(Oc2ccccc2)ccc(C(=O)O)c1N. The summed E-state index contributed by atoms with van der Waals surface area (Å²) in [6.07, 6.45) is 0. The van der Waals surface area contributed by atoms with Crippen molar-refractivity contribution in [3.8, 4) is 11.5 Å². The molecule has 0 fully saturated rings. The Kier molecular flexibility index (Phi) is 5.05. The molecule has 134 valence electrons. The van der Waals surface area contributed by atoms with Crippen LogP contribution in [0.1, 0.15) is 31.1 Å². The second kappa shape index (κ2) is 6.73. The first-order valence-corrected chi connectivity index (χ1v) is 8.92. The van der Waals surface area contributed by atoms with E-state index in [0.29, 0.717) is 5.75 Å². The molecule has 7 nitrogen and oxygen atoms in total. The Labute approximate surface area is 146 Å². The molecule has 4 N–H and O–H groups in total. The zero-order valence-corrected chi connectivity index (χ0v) is 14.9. The average Bonchev–Trinajstić information content (AvgIpc) is 2.45. The summed E-state index contributed by atoms with van der Waals surface area (Å²) in [7, 11) is -4.12. The third-order valence-electron chi connectivity index (χ3n) is 3.07. The van der Waals surface area contributed by atoms with Crippen molar-refractivity contribution in [3.63, 3.8) is 0 Å². The number of nitrogen functional groups attached to an aromatic ring is 1. The quantitative estimate of drug-likeness (QED) is 0.702. The van der Waals surface area contributed by atoms with Crippen LogP contribution in [0.2, 0.25) is 0 Å². The molecule has 0 amide bonds. The highest BCUT2D eigenvalue weighted by Gasteiger charge is 2.30. The van der Waals surface area contributed by atoms with E-state index in [9.17, 15) is 18.3 Å². The van der Waals surface area contributed by atoms with Gasteiger partial charge in [-0.05, 0) is 45.0 Å². The molecule has 0 atom stereocenters. The fourth-order valence-electron chi connectivity index (χ4n) is 2.19. The smallest absolute Gasteiger partial charge is 0.337 e. The van der Waals surface area contributed by atoms with Crippen molar-refractivity contribution in [3.05, 3.63) is 48.0 Å². The lowest BCUT2D eigenvalue weighted by atomic mass is 10.1. The first kappa shape index (κ1) is 18.8. The van der Waals surface area contributed by atoms with Gasteiger partial charge in [0.1, 0.15) is 16.4 Å². The van der Waals surface area contributed by atoms with Crippen LogP contribution in [0.3, 0.4) is 0 Å². The van der Waals surface area contributed by atoms with Crippen LogP contribution in [0.25, 0.3) is 0 Å². The number of para-hydroxylation sites is 1. The summed E-state index contributed by atoms with van der Waals surface area (Å²) in [6, 6.07) is 11.0. The lowest BCUT2D eigenvalue weighted by Gasteiger charge is -2.22. The van der Waals surface area contributed by atoms with Gasteiger partial charge in [0.15, 0.2) is 0 Å². The molecular weight excluding hydrogens is 344 g/mol. The third kappa shape index (κ3) is 4.49. The number of carboxylic acid groups (broad SMARTS) is 1. The van der Waals surface area contributed by atoms with Crippen molar-refractivity contribution >= 4 is 21.7 Å². The molecule has 0 aliphatic rings. The highest BCUT2D eigenvalue weighted by Crippen LogP contribution is 2.35. The van der Waals surface area contributed by atoms with Crippen LogP contribution in [0.15, 0.2) is 47.4 Å². The number of carbonyl (C=O) groups is 1. The number of aromatic carboxylic acids is 1. The Morgan fingerprint density at radius 1 is 1.12 bits per heavy atom. The summed E-state index contributed by atoms with van der Waals surface area (Å²) >= 11 is 0. The normalized spacial score (nSPS) is 12.0. The van der Waals surface area contributed by atoms with E-state index in [0.717, 1.165) is 0 Å². The van der Waals surface area contributed by atoms with Gasteiger partial charge in [-0.2, -0.15) is 0 Å². The number of hydrogen-bond acceptors (Lipinski definition) is 5. The summed E-state index contributed by atoms with van der Waals surface area (Å²) in [5, 5.41) is 9.23. The zero-order chi connectivity index (χ0) is 18.8. The van der Waals surface area contributed by atoms with Crippen LogP contribution in [0, 0.1) is 0 Å². The van der Waals surface area contributed by atoms with E-state index in [-0.39, 0.29) is 17.0 Å². The van der Waals surface area contributed by atoms with Gasteiger partial charge in [-0.15, -0.1) is 0 Å². The lowest BCUT2D eigenvalue weighted by Crippen LogP contribution is -2.41. The maximum atomic E-state index is 12.8. The predicted molar refractivity (Wildman–Crippen MR) is 94.4 cm³/mol.